The monoisotopic (exact) mass is 439 g/mol. The molecule has 2 atom stereocenters. The molecule has 32 heavy (non-hydrogen) atoms. The lowest BCUT2D eigenvalue weighted by molar-refractivity contribution is -0.123. The molecule has 166 valence electrons. The highest BCUT2D eigenvalue weighted by atomic mass is 16.5. The molecule has 0 aliphatic carbocycles. The fourth-order valence-electron chi connectivity index (χ4n) is 3.59. The van der Waals surface area contributed by atoms with E-state index in [2.05, 4.69) is 15.7 Å². The summed E-state index contributed by atoms with van der Waals surface area (Å²) < 4.78 is 15.5. The van der Waals surface area contributed by atoms with Gasteiger partial charge in [-0.05, 0) is 36.4 Å². The molecule has 2 heterocycles. The number of nitrogens with one attached hydrogen (secondary N) is 1. The first-order chi connectivity index (χ1) is 15.5. The third-order valence-corrected chi connectivity index (χ3v) is 5.16. The number of benzene rings is 2. The number of carbonyl (C=O) groups excluding carboxylic acids is 3. The van der Waals surface area contributed by atoms with Gasteiger partial charge in [-0.15, -0.1) is 0 Å². The number of fused-ring (bicyclic) bond motifs is 1. The van der Waals surface area contributed by atoms with Gasteiger partial charge in [0.2, 0.25) is 5.91 Å². The fourth-order valence-corrected chi connectivity index (χ4v) is 3.59. The first-order valence-corrected chi connectivity index (χ1v) is 9.68. The molecule has 0 bridgehead atoms. The van der Waals surface area contributed by atoms with Gasteiger partial charge in [-0.2, -0.15) is 5.11 Å². The Labute approximate surface area is 183 Å². The van der Waals surface area contributed by atoms with Crippen LogP contribution in [0.5, 0.6) is 17.2 Å². The zero-order valence-corrected chi connectivity index (χ0v) is 17.6. The third-order valence-electron chi connectivity index (χ3n) is 5.16. The van der Waals surface area contributed by atoms with Gasteiger partial charge in [-0.1, -0.05) is 5.22 Å². The second kappa shape index (κ2) is 8.53. The van der Waals surface area contributed by atoms with Crippen molar-refractivity contribution in [2.24, 2.45) is 10.3 Å². The van der Waals surface area contributed by atoms with Crippen molar-refractivity contribution in [3.05, 3.63) is 42.5 Å². The van der Waals surface area contributed by atoms with Gasteiger partial charge in [0.05, 0.1) is 27.0 Å². The summed E-state index contributed by atoms with van der Waals surface area (Å²) in [4.78, 5) is 39.5. The van der Waals surface area contributed by atoms with Crippen molar-refractivity contribution < 1.29 is 28.6 Å². The predicted octanol–water partition coefficient (Wildman–Crippen LogP) is 1.64. The van der Waals surface area contributed by atoms with Gasteiger partial charge in [0.15, 0.2) is 23.6 Å². The van der Waals surface area contributed by atoms with E-state index in [9.17, 15) is 14.4 Å². The number of amides is 3. The summed E-state index contributed by atoms with van der Waals surface area (Å²) in [5.41, 5.74) is 0.883. The Morgan fingerprint density at radius 3 is 2.34 bits per heavy atom. The number of methoxy groups -OCH3 is 3. The summed E-state index contributed by atoms with van der Waals surface area (Å²) >= 11 is 0. The van der Waals surface area contributed by atoms with Crippen LogP contribution in [-0.2, 0) is 14.4 Å². The Morgan fingerprint density at radius 1 is 0.969 bits per heavy atom. The summed E-state index contributed by atoms with van der Waals surface area (Å²) in [6.07, 6.45) is 0. The largest absolute Gasteiger partial charge is 0.497 e. The maximum atomic E-state index is 13.1. The molecule has 0 spiro atoms. The minimum Gasteiger partial charge on any atom is -0.497 e. The SMILES string of the molecule is COc1ccc(NC(=O)CN2N=N[C@@H]3C(=O)N(c4ccc(OC)c(OC)c4)C(=O)[C@@H]32)cc1. The van der Waals surface area contributed by atoms with E-state index >= 15 is 0 Å². The van der Waals surface area contributed by atoms with Gasteiger partial charge in [-0.3, -0.25) is 19.4 Å². The van der Waals surface area contributed by atoms with E-state index in [-0.39, 0.29) is 6.54 Å². The molecule has 0 saturated carbocycles. The van der Waals surface area contributed by atoms with Crippen molar-refractivity contribution in [2.45, 2.75) is 12.1 Å². The minimum absolute atomic E-state index is 0.241. The number of hydrogen-bond acceptors (Lipinski definition) is 9. The lowest BCUT2D eigenvalue weighted by atomic mass is 10.1. The van der Waals surface area contributed by atoms with Crippen LogP contribution in [0.25, 0.3) is 0 Å². The first-order valence-electron chi connectivity index (χ1n) is 9.68. The highest BCUT2D eigenvalue weighted by molar-refractivity contribution is 6.25. The molecule has 4 rings (SSSR count). The highest BCUT2D eigenvalue weighted by Gasteiger charge is 2.55. The fraction of sp³-hybridized carbons (Fsp3) is 0.286. The summed E-state index contributed by atoms with van der Waals surface area (Å²) in [5, 5.41) is 11.8. The van der Waals surface area contributed by atoms with Crippen molar-refractivity contribution in [3.8, 4) is 17.2 Å². The highest BCUT2D eigenvalue weighted by Crippen LogP contribution is 2.36. The third kappa shape index (κ3) is 3.68. The van der Waals surface area contributed by atoms with Gasteiger partial charge in [-0.25, -0.2) is 4.90 Å². The van der Waals surface area contributed by atoms with Crippen molar-refractivity contribution in [2.75, 3.05) is 38.1 Å². The standard InChI is InChI=1S/C21H21N5O6/c1-30-14-7-4-12(5-8-14)22-17(27)11-25-19-18(23-24-25)20(28)26(21(19)29)13-6-9-15(31-2)16(10-13)32-3/h4-10,18-19H,11H2,1-3H3,(H,22,27)/t18-,19+/m0/s1. The maximum Gasteiger partial charge on any atom is 0.263 e. The van der Waals surface area contributed by atoms with E-state index in [1.165, 1.54) is 25.3 Å². The van der Waals surface area contributed by atoms with Crippen molar-refractivity contribution >= 4 is 29.1 Å². The number of imide groups is 1. The zero-order valence-electron chi connectivity index (χ0n) is 17.6. The molecule has 2 aliphatic rings. The molecule has 0 aromatic heterocycles. The first kappa shape index (κ1) is 21.1. The topological polar surface area (TPSA) is 122 Å². The van der Waals surface area contributed by atoms with Crippen LogP contribution in [-0.4, -0.2) is 62.7 Å². The molecular formula is C21H21N5O6. The molecule has 1 fully saturated rings. The van der Waals surface area contributed by atoms with Gasteiger partial charge >= 0.3 is 0 Å². The molecule has 0 unspecified atom stereocenters. The van der Waals surface area contributed by atoms with E-state index < -0.39 is 29.8 Å². The Hall–Kier alpha value is -4.15. The van der Waals surface area contributed by atoms with E-state index in [0.29, 0.717) is 28.6 Å². The maximum absolute atomic E-state index is 13.1. The second-order valence-electron chi connectivity index (χ2n) is 7.02. The predicted molar refractivity (Wildman–Crippen MR) is 113 cm³/mol. The minimum atomic E-state index is -1.01. The number of ether oxygens (including phenoxy) is 3. The summed E-state index contributed by atoms with van der Waals surface area (Å²) in [7, 11) is 4.50. The molecule has 11 heteroatoms. The van der Waals surface area contributed by atoms with Crippen LogP contribution >= 0.6 is 0 Å². The van der Waals surface area contributed by atoms with Crippen molar-refractivity contribution in [3.63, 3.8) is 0 Å². The van der Waals surface area contributed by atoms with Crippen LogP contribution in [0.4, 0.5) is 11.4 Å². The van der Waals surface area contributed by atoms with Crippen LogP contribution in [0.1, 0.15) is 0 Å². The van der Waals surface area contributed by atoms with Crippen LogP contribution < -0.4 is 24.4 Å². The zero-order chi connectivity index (χ0) is 22.8. The summed E-state index contributed by atoms with van der Waals surface area (Å²) in [5.74, 6) is 0.0552. The molecule has 2 aromatic carbocycles. The second-order valence-corrected chi connectivity index (χ2v) is 7.02. The summed E-state index contributed by atoms with van der Waals surface area (Å²) in [6, 6.07) is 9.51. The normalized spacial score (nSPS) is 19.2. The Morgan fingerprint density at radius 2 is 1.69 bits per heavy atom. The lowest BCUT2D eigenvalue weighted by Crippen LogP contribution is -2.43. The molecule has 2 aliphatic heterocycles. The van der Waals surface area contributed by atoms with Gasteiger partial charge < -0.3 is 19.5 Å². The molecule has 1 N–H and O–H groups in total. The van der Waals surface area contributed by atoms with Gasteiger partial charge in [0.25, 0.3) is 11.8 Å². The molecular weight excluding hydrogens is 418 g/mol. The Kier molecular flexibility index (Phi) is 5.63. The summed E-state index contributed by atoms with van der Waals surface area (Å²) in [6.45, 7) is -0.241. The smallest absolute Gasteiger partial charge is 0.263 e. The van der Waals surface area contributed by atoms with Crippen LogP contribution in [0.3, 0.4) is 0 Å². The number of nitrogens with zero attached hydrogens (tertiary/aromatic N) is 4. The average molecular weight is 439 g/mol. The van der Waals surface area contributed by atoms with Crippen LogP contribution in [0, 0.1) is 0 Å². The van der Waals surface area contributed by atoms with E-state index in [1.54, 1.807) is 43.5 Å². The quantitative estimate of drug-likeness (QED) is 0.651. The Balaban J connectivity index is 1.48. The van der Waals surface area contributed by atoms with Gasteiger partial charge in [0.1, 0.15) is 12.3 Å². The van der Waals surface area contributed by atoms with E-state index in [0.717, 1.165) is 4.90 Å². The van der Waals surface area contributed by atoms with Crippen molar-refractivity contribution in [1.29, 1.82) is 0 Å². The number of carbonyl (C=O) groups is 3. The molecule has 1 saturated heterocycles. The molecule has 11 nitrogen and oxygen atoms in total. The number of rotatable bonds is 7. The Bertz CT molecular complexity index is 1090. The molecule has 2 aromatic rings. The molecule has 3 amide bonds. The number of anilines is 2. The molecule has 0 radical (unpaired) electrons. The van der Waals surface area contributed by atoms with Crippen molar-refractivity contribution in [1.82, 2.24) is 5.01 Å². The van der Waals surface area contributed by atoms with Crippen LogP contribution in [0.15, 0.2) is 52.8 Å². The lowest BCUT2D eigenvalue weighted by Gasteiger charge is -2.20. The van der Waals surface area contributed by atoms with Gasteiger partial charge in [0, 0.05) is 11.8 Å². The van der Waals surface area contributed by atoms with Crippen LogP contribution in [0.2, 0.25) is 0 Å². The van der Waals surface area contributed by atoms with E-state index in [4.69, 9.17) is 14.2 Å². The average Bonchev–Trinajstić information content (AvgIpc) is 3.32. The van der Waals surface area contributed by atoms with E-state index in [1.807, 2.05) is 0 Å². The number of hydrogen-bond donors (Lipinski definition) is 1.